The maximum Gasteiger partial charge on any atom is 0.416 e. The van der Waals surface area contributed by atoms with Crippen LogP contribution in [0.15, 0.2) is 24.3 Å². The van der Waals surface area contributed by atoms with Crippen molar-refractivity contribution in [3.05, 3.63) is 35.4 Å². The average molecular weight is 273 g/mol. The lowest BCUT2D eigenvalue weighted by molar-refractivity contribution is -0.137. The van der Waals surface area contributed by atoms with E-state index in [2.05, 4.69) is 13.8 Å². The first-order valence-corrected chi connectivity index (χ1v) is 6.82. The van der Waals surface area contributed by atoms with Crippen LogP contribution in [0.5, 0.6) is 0 Å². The molecular formula is C15H22F3N. The molecule has 0 fully saturated rings. The van der Waals surface area contributed by atoms with Crippen LogP contribution in [0, 0.1) is 5.92 Å². The summed E-state index contributed by atoms with van der Waals surface area (Å²) in [4.78, 5) is 0. The van der Waals surface area contributed by atoms with E-state index in [0.29, 0.717) is 5.56 Å². The van der Waals surface area contributed by atoms with Crippen LogP contribution >= 0.6 is 0 Å². The van der Waals surface area contributed by atoms with Crippen LogP contribution in [0.3, 0.4) is 0 Å². The van der Waals surface area contributed by atoms with Crippen molar-refractivity contribution in [1.29, 1.82) is 0 Å². The van der Waals surface area contributed by atoms with E-state index in [1.54, 1.807) is 6.07 Å². The highest BCUT2D eigenvalue weighted by atomic mass is 19.4. The Morgan fingerprint density at radius 1 is 1.11 bits per heavy atom. The van der Waals surface area contributed by atoms with Crippen molar-refractivity contribution in [3.8, 4) is 0 Å². The van der Waals surface area contributed by atoms with E-state index < -0.39 is 11.7 Å². The summed E-state index contributed by atoms with van der Waals surface area (Å²) in [5.74, 6) is 0.249. The number of benzene rings is 1. The third kappa shape index (κ3) is 4.53. The first-order valence-electron chi connectivity index (χ1n) is 6.82. The summed E-state index contributed by atoms with van der Waals surface area (Å²) in [5, 5.41) is 0. The third-order valence-electron chi connectivity index (χ3n) is 3.43. The largest absolute Gasteiger partial charge is 0.416 e. The zero-order valence-corrected chi connectivity index (χ0v) is 11.5. The van der Waals surface area contributed by atoms with Gasteiger partial charge in [0.15, 0.2) is 0 Å². The van der Waals surface area contributed by atoms with Gasteiger partial charge in [-0.1, -0.05) is 38.8 Å². The predicted molar refractivity (Wildman–Crippen MR) is 71.7 cm³/mol. The van der Waals surface area contributed by atoms with Crippen LogP contribution in [0.25, 0.3) is 0 Å². The molecule has 1 rings (SSSR count). The van der Waals surface area contributed by atoms with Crippen LogP contribution < -0.4 is 5.73 Å². The van der Waals surface area contributed by atoms with Crippen molar-refractivity contribution in [2.75, 3.05) is 0 Å². The third-order valence-corrected chi connectivity index (χ3v) is 3.43. The van der Waals surface area contributed by atoms with Crippen molar-refractivity contribution in [2.24, 2.45) is 11.7 Å². The van der Waals surface area contributed by atoms with Gasteiger partial charge in [0.1, 0.15) is 0 Å². The van der Waals surface area contributed by atoms with E-state index in [4.69, 9.17) is 5.73 Å². The Hall–Kier alpha value is -1.03. The summed E-state index contributed by atoms with van der Waals surface area (Å²) in [6.07, 6.45) is -0.411. The zero-order valence-electron chi connectivity index (χ0n) is 11.5. The fraction of sp³-hybridized carbons (Fsp3) is 0.600. The highest BCUT2D eigenvalue weighted by molar-refractivity contribution is 5.28. The van der Waals surface area contributed by atoms with E-state index in [1.807, 2.05) is 0 Å². The smallest absolute Gasteiger partial charge is 0.324 e. The number of alkyl halides is 3. The summed E-state index contributed by atoms with van der Waals surface area (Å²) in [7, 11) is 0. The van der Waals surface area contributed by atoms with Gasteiger partial charge in [-0.2, -0.15) is 13.2 Å². The Kier molecular flexibility index (Phi) is 5.85. The first kappa shape index (κ1) is 16.0. The second-order valence-electron chi connectivity index (χ2n) is 4.99. The van der Waals surface area contributed by atoms with Crippen molar-refractivity contribution in [3.63, 3.8) is 0 Å². The quantitative estimate of drug-likeness (QED) is 0.782. The topological polar surface area (TPSA) is 26.0 Å². The highest BCUT2D eigenvalue weighted by Crippen LogP contribution is 2.33. The second kappa shape index (κ2) is 6.94. The van der Waals surface area contributed by atoms with Crippen molar-refractivity contribution >= 4 is 0 Å². The molecular weight excluding hydrogens is 251 g/mol. The maximum absolute atomic E-state index is 12.7. The van der Waals surface area contributed by atoms with E-state index in [9.17, 15) is 13.2 Å². The van der Waals surface area contributed by atoms with E-state index in [1.165, 1.54) is 12.1 Å². The molecule has 0 saturated carbocycles. The Balaban J connectivity index is 2.94. The Labute approximate surface area is 113 Å². The number of nitrogens with two attached hydrogens (primary N) is 1. The molecule has 1 aromatic carbocycles. The van der Waals surface area contributed by atoms with Gasteiger partial charge in [0.05, 0.1) is 5.56 Å². The molecule has 1 unspecified atom stereocenters. The molecule has 2 N–H and O–H groups in total. The molecule has 0 spiro atoms. The average Bonchev–Trinajstić information content (AvgIpc) is 2.37. The van der Waals surface area contributed by atoms with E-state index in [0.717, 1.165) is 31.7 Å². The molecule has 1 atom stereocenters. The molecule has 0 aliphatic rings. The summed E-state index contributed by atoms with van der Waals surface area (Å²) < 4.78 is 38.1. The number of rotatable bonds is 6. The van der Waals surface area contributed by atoms with Crippen molar-refractivity contribution in [2.45, 2.75) is 51.7 Å². The summed E-state index contributed by atoms with van der Waals surface area (Å²) >= 11 is 0. The van der Waals surface area contributed by atoms with Gasteiger partial charge < -0.3 is 5.73 Å². The Bertz CT molecular complexity index is 381. The van der Waals surface area contributed by atoms with Crippen LogP contribution in [-0.2, 0) is 6.18 Å². The SMILES string of the molecule is CCCC(CCC)C(N)c1cccc(C(F)(F)F)c1. The number of hydrogen-bond donors (Lipinski definition) is 1. The maximum atomic E-state index is 12.7. The van der Waals surface area contributed by atoms with Gasteiger partial charge in [-0.15, -0.1) is 0 Å². The van der Waals surface area contributed by atoms with Crippen LogP contribution in [0.4, 0.5) is 13.2 Å². The van der Waals surface area contributed by atoms with Gasteiger partial charge in [-0.25, -0.2) is 0 Å². The van der Waals surface area contributed by atoms with Crippen molar-refractivity contribution in [1.82, 2.24) is 0 Å². The fourth-order valence-electron chi connectivity index (χ4n) is 2.44. The molecule has 0 bridgehead atoms. The molecule has 0 heterocycles. The molecule has 0 aliphatic heterocycles. The van der Waals surface area contributed by atoms with Crippen LogP contribution in [0.1, 0.15) is 56.7 Å². The molecule has 0 aliphatic carbocycles. The van der Waals surface area contributed by atoms with Gasteiger partial charge in [0.25, 0.3) is 0 Å². The molecule has 0 radical (unpaired) electrons. The Morgan fingerprint density at radius 2 is 1.68 bits per heavy atom. The van der Waals surface area contributed by atoms with Crippen LogP contribution in [0.2, 0.25) is 0 Å². The molecule has 1 aromatic rings. The molecule has 4 heteroatoms. The van der Waals surface area contributed by atoms with Crippen LogP contribution in [-0.4, -0.2) is 0 Å². The van der Waals surface area contributed by atoms with Gasteiger partial charge in [-0.3, -0.25) is 0 Å². The van der Waals surface area contributed by atoms with Gasteiger partial charge in [0, 0.05) is 6.04 Å². The minimum atomic E-state index is -4.30. The number of hydrogen-bond acceptors (Lipinski definition) is 1. The summed E-state index contributed by atoms with van der Waals surface area (Å²) in [6.45, 7) is 4.14. The molecule has 0 aromatic heterocycles. The minimum absolute atomic E-state index is 0.249. The van der Waals surface area contributed by atoms with Gasteiger partial charge in [-0.05, 0) is 36.5 Å². The minimum Gasteiger partial charge on any atom is -0.324 e. The first-order chi connectivity index (χ1) is 8.90. The van der Waals surface area contributed by atoms with Crippen molar-refractivity contribution < 1.29 is 13.2 Å². The lowest BCUT2D eigenvalue weighted by Crippen LogP contribution is -2.22. The second-order valence-corrected chi connectivity index (χ2v) is 4.99. The molecule has 0 amide bonds. The molecule has 108 valence electrons. The zero-order chi connectivity index (χ0) is 14.5. The van der Waals surface area contributed by atoms with Gasteiger partial charge >= 0.3 is 6.18 Å². The normalized spacial score (nSPS) is 13.8. The van der Waals surface area contributed by atoms with E-state index >= 15 is 0 Å². The molecule has 19 heavy (non-hydrogen) atoms. The standard InChI is InChI=1S/C15H22F3N/c1-3-6-11(7-4-2)14(19)12-8-5-9-13(10-12)15(16,17)18/h5,8-11,14H,3-4,6-7,19H2,1-2H3. The summed E-state index contributed by atoms with van der Waals surface area (Å²) in [6, 6.07) is 5.08. The van der Waals surface area contributed by atoms with Gasteiger partial charge in [0.2, 0.25) is 0 Å². The monoisotopic (exact) mass is 273 g/mol. The Morgan fingerprint density at radius 3 is 2.16 bits per heavy atom. The summed E-state index contributed by atoms with van der Waals surface area (Å²) in [5.41, 5.74) is 6.12. The lowest BCUT2D eigenvalue weighted by Gasteiger charge is -2.24. The molecule has 0 saturated heterocycles. The highest BCUT2D eigenvalue weighted by Gasteiger charge is 2.31. The number of halogens is 3. The lowest BCUT2D eigenvalue weighted by atomic mass is 9.86. The fourth-order valence-corrected chi connectivity index (χ4v) is 2.44. The predicted octanol–water partition coefficient (Wildman–Crippen LogP) is 4.92. The molecule has 1 nitrogen and oxygen atoms in total. The van der Waals surface area contributed by atoms with E-state index in [-0.39, 0.29) is 12.0 Å².